The number of benzene rings is 2. The molecule has 0 aliphatic heterocycles. The van der Waals surface area contributed by atoms with Crippen LogP contribution in [-0.2, 0) is 10.0 Å². The Morgan fingerprint density at radius 2 is 1.60 bits per heavy atom. The molecule has 0 saturated carbocycles. The van der Waals surface area contributed by atoms with E-state index in [1.54, 1.807) is 12.4 Å². The molecular weight excluding hydrogens is 416 g/mol. The van der Waals surface area contributed by atoms with E-state index in [1.807, 2.05) is 74.5 Å². The molecule has 2 aromatic carbocycles. The summed E-state index contributed by atoms with van der Waals surface area (Å²) in [6.07, 6.45) is 0.723. The Hall–Kier alpha value is -2.48. The summed E-state index contributed by atoms with van der Waals surface area (Å²) in [5.41, 5.74) is 3.14. The van der Waals surface area contributed by atoms with E-state index in [2.05, 4.69) is 0 Å². The van der Waals surface area contributed by atoms with Gasteiger partial charge in [0.25, 0.3) is 10.0 Å². The van der Waals surface area contributed by atoms with Crippen molar-refractivity contribution < 1.29 is 13.2 Å². The lowest BCUT2D eigenvalue weighted by Crippen LogP contribution is -2.34. The molecule has 1 unspecified atom stereocenters. The van der Waals surface area contributed by atoms with Crippen molar-refractivity contribution in [2.24, 2.45) is 4.99 Å². The zero-order valence-corrected chi connectivity index (χ0v) is 19.2. The van der Waals surface area contributed by atoms with Crippen LogP contribution >= 0.6 is 11.3 Å². The highest BCUT2D eigenvalue weighted by atomic mass is 32.2. The van der Waals surface area contributed by atoms with Gasteiger partial charge in [0.05, 0.1) is 12.8 Å². The van der Waals surface area contributed by atoms with Crippen molar-refractivity contribution in [1.82, 2.24) is 4.31 Å². The summed E-state index contributed by atoms with van der Waals surface area (Å²) in [7, 11) is -0.597. The molecule has 158 valence electrons. The number of rotatable bonds is 8. The molecule has 5 nitrogen and oxygen atoms in total. The number of aliphatic imine (C=N–C) groups is 1. The van der Waals surface area contributed by atoms with Crippen LogP contribution in [0.3, 0.4) is 0 Å². The first-order valence-electron chi connectivity index (χ1n) is 9.73. The van der Waals surface area contributed by atoms with Gasteiger partial charge in [0.1, 0.15) is 5.69 Å². The zero-order valence-electron chi connectivity index (χ0n) is 17.6. The monoisotopic (exact) mass is 442 g/mol. The second-order valence-corrected chi connectivity index (χ2v) is 9.99. The van der Waals surface area contributed by atoms with E-state index in [1.165, 1.54) is 11.4 Å². The molecule has 0 saturated heterocycles. The third kappa shape index (κ3) is 4.48. The second-order valence-electron chi connectivity index (χ2n) is 6.91. The Bertz CT molecular complexity index is 1070. The van der Waals surface area contributed by atoms with Crippen LogP contribution in [0.25, 0.3) is 0 Å². The first-order valence-corrected chi connectivity index (χ1v) is 12.0. The van der Waals surface area contributed by atoms with Gasteiger partial charge in [-0.25, -0.2) is 13.4 Å². The molecule has 0 N–H and O–H groups in total. The van der Waals surface area contributed by atoms with E-state index in [0.717, 1.165) is 34.6 Å². The van der Waals surface area contributed by atoms with Gasteiger partial charge in [-0.15, -0.1) is 11.3 Å². The topological polar surface area (TPSA) is 59.0 Å². The smallest absolute Gasteiger partial charge is 0.256 e. The predicted octanol–water partition coefficient (Wildman–Crippen LogP) is 5.34. The van der Waals surface area contributed by atoms with Crippen molar-refractivity contribution in [2.45, 2.75) is 30.5 Å². The lowest BCUT2D eigenvalue weighted by Gasteiger charge is -2.22. The lowest BCUT2D eigenvalue weighted by molar-refractivity contribution is 0.374. The molecule has 0 aliphatic carbocycles. The van der Waals surface area contributed by atoms with Gasteiger partial charge >= 0.3 is 0 Å². The summed E-state index contributed by atoms with van der Waals surface area (Å²) in [6, 6.07) is 19.5. The van der Waals surface area contributed by atoms with E-state index < -0.39 is 10.0 Å². The van der Waals surface area contributed by atoms with E-state index in [-0.39, 0.29) is 16.0 Å². The highest BCUT2D eigenvalue weighted by molar-refractivity contribution is 7.91. The number of thiophene rings is 1. The Morgan fingerprint density at radius 3 is 2.07 bits per heavy atom. The average Bonchev–Trinajstić information content (AvgIpc) is 3.21. The van der Waals surface area contributed by atoms with Crippen molar-refractivity contribution in [1.29, 1.82) is 0 Å². The molecule has 1 aromatic heterocycles. The van der Waals surface area contributed by atoms with Crippen LogP contribution in [0.4, 0.5) is 5.69 Å². The van der Waals surface area contributed by atoms with Crippen LogP contribution in [-0.4, -0.2) is 38.6 Å². The average molecular weight is 443 g/mol. The molecule has 1 atom stereocenters. The van der Waals surface area contributed by atoms with Gasteiger partial charge in [0.2, 0.25) is 0 Å². The SMILES string of the molecule is CCC(C)N(C)S(=O)(=O)c1scc(N=C(c2ccccc2)c2ccccc2)c1OC. The zero-order chi connectivity index (χ0) is 21.7. The number of ether oxygens (including phenoxy) is 1. The minimum atomic E-state index is -3.68. The quantitative estimate of drug-likeness (QED) is 0.442. The van der Waals surface area contributed by atoms with Crippen molar-refractivity contribution in [2.75, 3.05) is 14.2 Å². The first-order chi connectivity index (χ1) is 14.4. The van der Waals surface area contributed by atoms with E-state index in [4.69, 9.17) is 9.73 Å². The Kier molecular flexibility index (Phi) is 7.07. The molecular formula is C23H26N2O3S2. The van der Waals surface area contributed by atoms with Crippen molar-refractivity contribution in [3.8, 4) is 5.75 Å². The van der Waals surface area contributed by atoms with Gasteiger partial charge in [-0.3, -0.25) is 0 Å². The Labute approximate surface area is 182 Å². The number of methoxy groups -OCH3 is 1. The summed E-state index contributed by atoms with van der Waals surface area (Å²) >= 11 is 1.13. The number of nitrogens with zero attached hydrogens (tertiary/aromatic N) is 2. The third-order valence-corrected chi connectivity index (χ3v) is 8.48. The van der Waals surface area contributed by atoms with E-state index in [0.29, 0.717) is 5.69 Å². The molecule has 7 heteroatoms. The molecule has 0 fully saturated rings. The fraction of sp³-hybridized carbons (Fsp3) is 0.261. The summed E-state index contributed by atoms with van der Waals surface area (Å²) in [5, 5.41) is 1.74. The summed E-state index contributed by atoms with van der Waals surface area (Å²) in [5.74, 6) is 0.277. The highest BCUT2D eigenvalue weighted by Crippen LogP contribution is 2.42. The molecule has 30 heavy (non-hydrogen) atoms. The van der Waals surface area contributed by atoms with Crippen LogP contribution in [0.5, 0.6) is 5.75 Å². The van der Waals surface area contributed by atoms with Crippen molar-refractivity contribution >= 4 is 32.8 Å². The number of hydrogen-bond donors (Lipinski definition) is 0. The second kappa shape index (κ2) is 9.55. The fourth-order valence-electron chi connectivity index (χ4n) is 3.00. The van der Waals surface area contributed by atoms with Gasteiger partial charge in [0.15, 0.2) is 9.96 Å². The molecule has 0 amide bonds. The van der Waals surface area contributed by atoms with Gasteiger partial charge in [-0.2, -0.15) is 4.31 Å². The summed E-state index contributed by atoms with van der Waals surface area (Å²) in [4.78, 5) is 4.85. The standard InChI is InChI=1S/C23H26N2O3S2/c1-5-17(2)25(3)30(26,27)23-22(28-4)20(16-29-23)24-21(18-12-8-6-9-13-18)19-14-10-7-11-15-19/h6-17H,5H2,1-4H3. The third-order valence-electron chi connectivity index (χ3n) is 5.05. The maximum absolute atomic E-state index is 13.2. The van der Waals surface area contributed by atoms with Gasteiger partial charge in [0, 0.05) is 29.6 Å². The molecule has 3 aromatic rings. The Balaban J connectivity index is 2.14. The minimum absolute atomic E-state index is 0.113. The molecule has 3 rings (SSSR count). The van der Waals surface area contributed by atoms with E-state index >= 15 is 0 Å². The molecule has 0 spiro atoms. The Morgan fingerprint density at radius 1 is 1.07 bits per heavy atom. The van der Waals surface area contributed by atoms with Crippen molar-refractivity contribution in [3.63, 3.8) is 0 Å². The summed E-state index contributed by atoms with van der Waals surface area (Å²) in [6.45, 7) is 3.85. The minimum Gasteiger partial charge on any atom is -0.492 e. The normalized spacial score (nSPS) is 12.6. The van der Waals surface area contributed by atoms with Crippen LogP contribution in [0.15, 0.2) is 75.2 Å². The molecule has 0 radical (unpaired) electrons. The lowest BCUT2D eigenvalue weighted by atomic mass is 10.0. The van der Waals surface area contributed by atoms with Crippen LogP contribution in [0.1, 0.15) is 31.4 Å². The molecule has 0 aliphatic rings. The maximum Gasteiger partial charge on any atom is 0.256 e. The van der Waals surface area contributed by atoms with Crippen LogP contribution < -0.4 is 4.74 Å². The molecule has 1 heterocycles. The van der Waals surface area contributed by atoms with E-state index in [9.17, 15) is 8.42 Å². The number of hydrogen-bond acceptors (Lipinski definition) is 5. The largest absolute Gasteiger partial charge is 0.492 e. The summed E-state index contributed by atoms with van der Waals surface area (Å²) < 4.78 is 33.4. The van der Waals surface area contributed by atoms with Gasteiger partial charge in [-0.1, -0.05) is 67.6 Å². The van der Waals surface area contributed by atoms with Gasteiger partial charge < -0.3 is 4.74 Å². The number of sulfonamides is 1. The van der Waals surface area contributed by atoms with Gasteiger partial charge in [-0.05, 0) is 13.3 Å². The fourth-order valence-corrected chi connectivity index (χ4v) is 5.96. The van der Waals surface area contributed by atoms with Crippen LogP contribution in [0, 0.1) is 0 Å². The maximum atomic E-state index is 13.2. The first kappa shape index (κ1) is 22.2. The van der Waals surface area contributed by atoms with Crippen LogP contribution in [0.2, 0.25) is 0 Å². The highest BCUT2D eigenvalue weighted by Gasteiger charge is 2.31. The molecule has 0 bridgehead atoms. The predicted molar refractivity (Wildman–Crippen MR) is 124 cm³/mol. The van der Waals surface area contributed by atoms with Crippen molar-refractivity contribution in [3.05, 3.63) is 77.2 Å².